The number of nitrogens with zero attached hydrogens (tertiary/aromatic N) is 1. The molecule has 20 heavy (non-hydrogen) atoms. The van der Waals surface area contributed by atoms with Gasteiger partial charge in [0.2, 0.25) is 0 Å². The highest BCUT2D eigenvalue weighted by atomic mass is 19.1. The summed E-state index contributed by atoms with van der Waals surface area (Å²) in [5.41, 5.74) is 0.339. The highest BCUT2D eigenvalue weighted by molar-refractivity contribution is 5.22. The molecule has 0 saturated heterocycles. The zero-order valence-corrected chi connectivity index (χ0v) is 12.6. The smallest absolute Gasteiger partial charge is 0.123 e. The van der Waals surface area contributed by atoms with Gasteiger partial charge in [-0.2, -0.15) is 0 Å². The van der Waals surface area contributed by atoms with E-state index < -0.39 is 5.60 Å². The Kier molecular flexibility index (Phi) is 4.78. The van der Waals surface area contributed by atoms with Crippen LogP contribution >= 0.6 is 0 Å². The number of halogens is 1. The van der Waals surface area contributed by atoms with E-state index in [0.29, 0.717) is 19.0 Å². The van der Waals surface area contributed by atoms with E-state index in [1.165, 1.54) is 25.0 Å². The molecular weight excluding hydrogens is 255 g/mol. The number of likely N-dealkylation sites (N-methyl/N-ethyl adjacent to an activating group) is 1. The molecule has 1 aromatic carbocycles. The maximum Gasteiger partial charge on any atom is 0.123 e. The van der Waals surface area contributed by atoms with Gasteiger partial charge in [-0.05, 0) is 57.5 Å². The van der Waals surface area contributed by atoms with Gasteiger partial charge in [0.15, 0.2) is 0 Å². The van der Waals surface area contributed by atoms with E-state index in [1.807, 2.05) is 38.1 Å². The lowest BCUT2D eigenvalue weighted by Crippen LogP contribution is -2.46. The van der Waals surface area contributed by atoms with Crippen molar-refractivity contribution in [3.05, 3.63) is 35.6 Å². The zero-order valence-electron chi connectivity index (χ0n) is 12.6. The predicted molar refractivity (Wildman–Crippen MR) is 79.0 cm³/mol. The lowest BCUT2D eigenvalue weighted by atomic mass is 10.00. The molecule has 0 heterocycles. The molecule has 4 heteroatoms. The highest BCUT2D eigenvalue weighted by Gasteiger charge is 2.33. The summed E-state index contributed by atoms with van der Waals surface area (Å²) in [7, 11) is 3.90. The Morgan fingerprint density at radius 3 is 2.45 bits per heavy atom. The molecule has 0 spiro atoms. The van der Waals surface area contributed by atoms with Crippen LogP contribution in [0.1, 0.15) is 31.4 Å². The first-order chi connectivity index (χ1) is 9.37. The third-order valence-corrected chi connectivity index (χ3v) is 3.68. The summed E-state index contributed by atoms with van der Waals surface area (Å²) in [6, 6.07) is 6.90. The first-order valence-electron chi connectivity index (χ1n) is 7.23. The predicted octanol–water partition coefficient (Wildman–Crippen LogP) is 2.18. The number of nitrogens with one attached hydrogen (secondary N) is 1. The molecular formula is C16H25FN2O. The molecule has 0 aliphatic heterocycles. The van der Waals surface area contributed by atoms with E-state index in [0.717, 1.165) is 5.56 Å². The van der Waals surface area contributed by atoms with Gasteiger partial charge in [0.05, 0.1) is 5.60 Å². The Morgan fingerprint density at radius 1 is 1.35 bits per heavy atom. The van der Waals surface area contributed by atoms with Gasteiger partial charge in [-0.3, -0.25) is 0 Å². The minimum atomic E-state index is -0.767. The second-order valence-corrected chi connectivity index (χ2v) is 6.48. The van der Waals surface area contributed by atoms with Crippen LogP contribution in [0.4, 0.5) is 4.39 Å². The Labute approximate surface area is 120 Å². The van der Waals surface area contributed by atoms with Crippen LogP contribution in [-0.2, 0) is 0 Å². The van der Waals surface area contributed by atoms with Gasteiger partial charge in [0.25, 0.3) is 0 Å². The van der Waals surface area contributed by atoms with Crippen molar-refractivity contribution in [2.24, 2.45) is 5.92 Å². The summed E-state index contributed by atoms with van der Waals surface area (Å²) in [6.07, 6.45) is 2.40. The number of hydrogen-bond donors (Lipinski definition) is 2. The van der Waals surface area contributed by atoms with Gasteiger partial charge < -0.3 is 15.3 Å². The molecule has 2 atom stereocenters. The fourth-order valence-corrected chi connectivity index (χ4v) is 2.72. The first kappa shape index (κ1) is 15.4. The summed E-state index contributed by atoms with van der Waals surface area (Å²) in [5, 5.41) is 13.8. The van der Waals surface area contributed by atoms with Crippen molar-refractivity contribution in [3.8, 4) is 0 Å². The lowest BCUT2D eigenvalue weighted by Gasteiger charge is -2.30. The molecule has 3 nitrogen and oxygen atoms in total. The summed E-state index contributed by atoms with van der Waals surface area (Å²) in [5.74, 6) is 0.401. The minimum Gasteiger partial charge on any atom is -0.388 e. The molecule has 112 valence electrons. The molecule has 1 aromatic rings. The summed E-state index contributed by atoms with van der Waals surface area (Å²) in [4.78, 5) is 1.98. The van der Waals surface area contributed by atoms with Crippen molar-refractivity contribution in [2.75, 3.05) is 27.2 Å². The second-order valence-electron chi connectivity index (χ2n) is 6.48. The van der Waals surface area contributed by atoms with E-state index >= 15 is 0 Å². The summed E-state index contributed by atoms with van der Waals surface area (Å²) < 4.78 is 13.0. The average Bonchev–Trinajstić information content (AvgIpc) is 3.14. The Bertz CT molecular complexity index is 427. The van der Waals surface area contributed by atoms with Crippen molar-refractivity contribution in [2.45, 2.75) is 31.4 Å². The Morgan fingerprint density at radius 2 is 1.95 bits per heavy atom. The number of rotatable bonds is 7. The van der Waals surface area contributed by atoms with E-state index in [1.54, 1.807) is 0 Å². The van der Waals surface area contributed by atoms with Gasteiger partial charge in [-0.15, -0.1) is 0 Å². The normalized spacial score (nSPS) is 19.9. The highest BCUT2D eigenvalue weighted by Crippen LogP contribution is 2.41. The van der Waals surface area contributed by atoms with Crippen LogP contribution in [0.15, 0.2) is 24.3 Å². The Balaban J connectivity index is 1.98. The quantitative estimate of drug-likeness (QED) is 0.803. The van der Waals surface area contributed by atoms with E-state index in [9.17, 15) is 9.50 Å². The molecule has 0 radical (unpaired) electrons. The fourth-order valence-electron chi connectivity index (χ4n) is 2.72. The Hall–Kier alpha value is -0.970. The van der Waals surface area contributed by atoms with Crippen LogP contribution in [0.2, 0.25) is 0 Å². The molecule has 1 aliphatic rings. The monoisotopic (exact) mass is 280 g/mol. The van der Waals surface area contributed by atoms with Gasteiger partial charge in [0, 0.05) is 19.1 Å². The van der Waals surface area contributed by atoms with Crippen molar-refractivity contribution in [3.63, 3.8) is 0 Å². The minimum absolute atomic E-state index is 0.206. The van der Waals surface area contributed by atoms with Crippen molar-refractivity contribution >= 4 is 0 Å². The maximum absolute atomic E-state index is 13.0. The van der Waals surface area contributed by atoms with E-state index in [-0.39, 0.29) is 11.9 Å². The molecule has 0 amide bonds. The van der Waals surface area contributed by atoms with Crippen LogP contribution in [0.25, 0.3) is 0 Å². The maximum atomic E-state index is 13.0. The van der Waals surface area contributed by atoms with Crippen LogP contribution < -0.4 is 5.32 Å². The molecule has 1 aliphatic carbocycles. The molecule has 2 unspecified atom stereocenters. The van der Waals surface area contributed by atoms with Gasteiger partial charge >= 0.3 is 0 Å². The molecule has 0 aromatic heterocycles. The SMILES string of the molecule is CN(C)CC(C)(O)CNC(c1ccc(F)cc1)C1CC1. The zero-order chi connectivity index (χ0) is 14.8. The number of hydrogen-bond acceptors (Lipinski definition) is 3. The van der Waals surface area contributed by atoms with Gasteiger partial charge in [-0.1, -0.05) is 12.1 Å². The van der Waals surface area contributed by atoms with Crippen molar-refractivity contribution in [1.29, 1.82) is 0 Å². The standard InChI is InChI=1S/C16H25FN2O/c1-16(20,11-19(2)3)10-18-15(12-4-5-12)13-6-8-14(17)9-7-13/h6-9,12,15,18,20H,4-5,10-11H2,1-3H3. The van der Waals surface area contributed by atoms with E-state index in [2.05, 4.69) is 5.32 Å². The first-order valence-corrected chi connectivity index (χ1v) is 7.23. The molecule has 2 N–H and O–H groups in total. The van der Waals surface area contributed by atoms with Crippen molar-refractivity contribution in [1.82, 2.24) is 10.2 Å². The van der Waals surface area contributed by atoms with Gasteiger partial charge in [0.1, 0.15) is 5.82 Å². The average molecular weight is 280 g/mol. The largest absolute Gasteiger partial charge is 0.388 e. The fraction of sp³-hybridized carbons (Fsp3) is 0.625. The summed E-state index contributed by atoms with van der Waals surface area (Å²) >= 11 is 0. The van der Waals surface area contributed by atoms with E-state index in [4.69, 9.17) is 0 Å². The van der Waals surface area contributed by atoms with Gasteiger partial charge in [-0.25, -0.2) is 4.39 Å². The van der Waals surface area contributed by atoms with Crippen LogP contribution in [0.3, 0.4) is 0 Å². The third-order valence-electron chi connectivity index (χ3n) is 3.68. The third kappa shape index (κ3) is 4.54. The van der Waals surface area contributed by atoms with Crippen LogP contribution in [0, 0.1) is 11.7 Å². The molecule has 2 rings (SSSR count). The number of aliphatic hydroxyl groups is 1. The summed E-state index contributed by atoms with van der Waals surface area (Å²) in [6.45, 7) is 2.99. The molecule has 1 saturated carbocycles. The topological polar surface area (TPSA) is 35.5 Å². The van der Waals surface area contributed by atoms with Crippen molar-refractivity contribution < 1.29 is 9.50 Å². The lowest BCUT2D eigenvalue weighted by molar-refractivity contribution is 0.0306. The molecule has 0 bridgehead atoms. The number of benzene rings is 1. The molecule has 1 fully saturated rings. The van der Waals surface area contributed by atoms with Crippen LogP contribution in [-0.4, -0.2) is 42.8 Å². The van der Waals surface area contributed by atoms with Crippen LogP contribution in [0.5, 0.6) is 0 Å². The second kappa shape index (κ2) is 6.20.